The van der Waals surface area contributed by atoms with E-state index >= 15 is 0 Å². The topological polar surface area (TPSA) is 114 Å². The van der Waals surface area contributed by atoms with Crippen LogP contribution in [-0.2, 0) is 9.59 Å². The Morgan fingerprint density at radius 2 is 2.00 bits per heavy atom. The first-order chi connectivity index (χ1) is 13.0. The number of carbonyl (C=O) groups is 2. The van der Waals surface area contributed by atoms with Crippen molar-refractivity contribution in [3.05, 3.63) is 29.3 Å². The van der Waals surface area contributed by atoms with Crippen LogP contribution in [0.3, 0.4) is 0 Å². The van der Waals surface area contributed by atoms with E-state index in [9.17, 15) is 14.9 Å². The SMILES string of the molecule is CCOc1cc(/C=C(\C#N)C(=O)NC2CCCCC2)ccc1OCC(N)=O. The quantitative estimate of drug-likeness (QED) is 0.537. The Morgan fingerprint density at radius 3 is 2.63 bits per heavy atom. The monoisotopic (exact) mass is 371 g/mol. The average Bonchev–Trinajstić information content (AvgIpc) is 2.66. The van der Waals surface area contributed by atoms with Crippen LogP contribution < -0.4 is 20.5 Å². The second kappa shape index (κ2) is 10.2. The minimum Gasteiger partial charge on any atom is -0.490 e. The molecular weight excluding hydrogens is 346 g/mol. The van der Waals surface area contributed by atoms with Crippen LogP contribution in [0, 0.1) is 11.3 Å². The van der Waals surface area contributed by atoms with Gasteiger partial charge in [0.05, 0.1) is 6.61 Å². The molecule has 27 heavy (non-hydrogen) atoms. The summed E-state index contributed by atoms with van der Waals surface area (Å²) in [6.07, 6.45) is 6.80. The van der Waals surface area contributed by atoms with Gasteiger partial charge in [-0.2, -0.15) is 5.26 Å². The lowest BCUT2D eigenvalue weighted by molar-refractivity contribution is -0.120. The standard InChI is InChI=1S/C20H25N3O4/c1-2-26-18-11-14(8-9-17(18)27-13-19(22)24)10-15(12-21)20(25)23-16-6-4-3-5-7-16/h8-11,16H,2-7,13H2,1H3,(H2,22,24)(H,23,25)/b15-10+. The number of carbonyl (C=O) groups excluding carboxylic acids is 2. The molecule has 0 saturated heterocycles. The van der Waals surface area contributed by atoms with Crippen LogP contribution in [0.5, 0.6) is 11.5 Å². The van der Waals surface area contributed by atoms with E-state index in [1.807, 2.05) is 13.0 Å². The third-order valence-electron chi connectivity index (χ3n) is 4.25. The molecule has 2 amide bonds. The third kappa shape index (κ3) is 6.33. The van der Waals surface area contributed by atoms with Crippen LogP contribution in [0.2, 0.25) is 0 Å². The lowest BCUT2D eigenvalue weighted by Gasteiger charge is -2.22. The minimum absolute atomic E-state index is 0.0360. The van der Waals surface area contributed by atoms with Gasteiger partial charge in [-0.15, -0.1) is 0 Å². The highest BCUT2D eigenvalue weighted by atomic mass is 16.5. The van der Waals surface area contributed by atoms with Gasteiger partial charge < -0.3 is 20.5 Å². The van der Waals surface area contributed by atoms with Crippen molar-refractivity contribution in [2.45, 2.75) is 45.1 Å². The largest absolute Gasteiger partial charge is 0.490 e. The van der Waals surface area contributed by atoms with E-state index in [1.165, 1.54) is 12.5 Å². The molecule has 0 aliphatic heterocycles. The first-order valence-electron chi connectivity index (χ1n) is 9.14. The van der Waals surface area contributed by atoms with Crippen LogP contribution in [0.1, 0.15) is 44.6 Å². The molecule has 1 aliphatic rings. The van der Waals surface area contributed by atoms with Crippen molar-refractivity contribution < 1.29 is 19.1 Å². The van der Waals surface area contributed by atoms with Crippen molar-refractivity contribution in [2.24, 2.45) is 5.73 Å². The van der Waals surface area contributed by atoms with E-state index in [0.717, 1.165) is 25.7 Å². The highest BCUT2D eigenvalue weighted by Crippen LogP contribution is 2.29. The lowest BCUT2D eigenvalue weighted by Crippen LogP contribution is -2.36. The summed E-state index contributed by atoms with van der Waals surface area (Å²) in [5.41, 5.74) is 5.75. The number of hydrogen-bond donors (Lipinski definition) is 2. The average molecular weight is 371 g/mol. The Kier molecular flexibility index (Phi) is 7.68. The summed E-state index contributed by atoms with van der Waals surface area (Å²) < 4.78 is 10.8. The number of hydrogen-bond acceptors (Lipinski definition) is 5. The van der Waals surface area contributed by atoms with Crippen LogP contribution in [0.25, 0.3) is 6.08 Å². The molecule has 0 heterocycles. The molecule has 1 fully saturated rings. The second-order valence-electron chi connectivity index (χ2n) is 6.37. The smallest absolute Gasteiger partial charge is 0.262 e. The normalized spacial score (nSPS) is 14.9. The van der Waals surface area contributed by atoms with Crippen LogP contribution >= 0.6 is 0 Å². The molecule has 0 radical (unpaired) electrons. The Balaban J connectivity index is 2.15. The Hall–Kier alpha value is -3.01. The van der Waals surface area contributed by atoms with Crippen LogP contribution in [-0.4, -0.2) is 31.1 Å². The molecule has 7 nitrogen and oxygen atoms in total. The molecule has 0 atom stereocenters. The van der Waals surface area contributed by atoms with Crippen molar-refractivity contribution >= 4 is 17.9 Å². The van der Waals surface area contributed by atoms with Crippen molar-refractivity contribution in [2.75, 3.05) is 13.2 Å². The number of amides is 2. The summed E-state index contributed by atoms with van der Waals surface area (Å²) in [5.74, 6) is -0.167. The summed E-state index contributed by atoms with van der Waals surface area (Å²) in [6, 6.07) is 7.05. The number of rotatable bonds is 8. The number of benzene rings is 1. The molecule has 2 rings (SSSR count). The number of nitrogens with zero attached hydrogens (tertiary/aromatic N) is 1. The Bertz CT molecular complexity index is 746. The molecule has 0 unspecified atom stereocenters. The lowest BCUT2D eigenvalue weighted by atomic mass is 9.95. The van der Waals surface area contributed by atoms with Gasteiger partial charge in [0.15, 0.2) is 18.1 Å². The molecule has 1 aliphatic carbocycles. The molecule has 1 saturated carbocycles. The number of ether oxygens (including phenoxy) is 2. The van der Waals surface area contributed by atoms with Crippen molar-refractivity contribution in [1.29, 1.82) is 5.26 Å². The summed E-state index contributed by atoms with van der Waals surface area (Å²) >= 11 is 0. The Labute approximate surface area is 159 Å². The maximum atomic E-state index is 12.4. The highest BCUT2D eigenvalue weighted by molar-refractivity contribution is 6.01. The van der Waals surface area contributed by atoms with Crippen molar-refractivity contribution in [3.8, 4) is 17.6 Å². The highest BCUT2D eigenvalue weighted by Gasteiger charge is 2.18. The molecule has 7 heteroatoms. The zero-order chi connectivity index (χ0) is 19.6. The second-order valence-corrected chi connectivity index (χ2v) is 6.37. The van der Waals surface area contributed by atoms with Gasteiger partial charge in [0.25, 0.3) is 11.8 Å². The zero-order valence-electron chi connectivity index (χ0n) is 15.5. The molecule has 0 aromatic heterocycles. The summed E-state index contributed by atoms with van der Waals surface area (Å²) in [7, 11) is 0. The summed E-state index contributed by atoms with van der Waals surface area (Å²) in [5, 5.41) is 12.3. The fourth-order valence-electron chi connectivity index (χ4n) is 2.98. The van der Waals surface area contributed by atoms with E-state index < -0.39 is 5.91 Å². The molecule has 144 valence electrons. The van der Waals surface area contributed by atoms with Crippen molar-refractivity contribution in [1.82, 2.24) is 5.32 Å². The van der Waals surface area contributed by atoms with E-state index in [0.29, 0.717) is 23.7 Å². The fourth-order valence-corrected chi connectivity index (χ4v) is 2.98. The van der Waals surface area contributed by atoms with Crippen LogP contribution in [0.15, 0.2) is 23.8 Å². The number of nitrogens with two attached hydrogens (primary N) is 1. The van der Waals surface area contributed by atoms with Gasteiger partial charge in [-0.05, 0) is 43.5 Å². The number of nitriles is 1. The first kappa shape index (κ1) is 20.3. The Morgan fingerprint density at radius 1 is 1.26 bits per heavy atom. The predicted molar refractivity (Wildman–Crippen MR) is 101 cm³/mol. The first-order valence-corrected chi connectivity index (χ1v) is 9.14. The van der Waals surface area contributed by atoms with E-state index in [2.05, 4.69) is 5.32 Å². The van der Waals surface area contributed by atoms with E-state index in [4.69, 9.17) is 15.2 Å². The molecule has 0 spiro atoms. The summed E-state index contributed by atoms with van der Waals surface area (Å²) in [6.45, 7) is 1.95. The number of nitrogens with one attached hydrogen (secondary N) is 1. The van der Waals surface area contributed by atoms with E-state index in [1.54, 1.807) is 18.2 Å². The minimum atomic E-state index is -0.590. The maximum Gasteiger partial charge on any atom is 0.262 e. The summed E-state index contributed by atoms with van der Waals surface area (Å²) in [4.78, 5) is 23.3. The van der Waals surface area contributed by atoms with Gasteiger partial charge in [-0.1, -0.05) is 25.3 Å². The van der Waals surface area contributed by atoms with Crippen molar-refractivity contribution in [3.63, 3.8) is 0 Å². The van der Waals surface area contributed by atoms with Gasteiger partial charge in [-0.3, -0.25) is 9.59 Å². The molecule has 1 aromatic rings. The third-order valence-corrected chi connectivity index (χ3v) is 4.25. The predicted octanol–water partition coefficient (Wildman–Crippen LogP) is 2.31. The fraction of sp³-hybridized carbons (Fsp3) is 0.450. The van der Waals surface area contributed by atoms with Gasteiger partial charge in [0, 0.05) is 6.04 Å². The maximum absolute atomic E-state index is 12.4. The molecule has 0 bridgehead atoms. The van der Waals surface area contributed by atoms with Gasteiger partial charge in [0.1, 0.15) is 11.6 Å². The van der Waals surface area contributed by atoms with Gasteiger partial charge in [-0.25, -0.2) is 0 Å². The molecule has 3 N–H and O–H groups in total. The van der Waals surface area contributed by atoms with Crippen LogP contribution in [0.4, 0.5) is 0 Å². The molecular formula is C20H25N3O4. The van der Waals surface area contributed by atoms with E-state index in [-0.39, 0.29) is 24.1 Å². The van der Waals surface area contributed by atoms with Gasteiger partial charge in [0.2, 0.25) is 0 Å². The number of primary amides is 1. The molecule has 1 aromatic carbocycles. The zero-order valence-corrected chi connectivity index (χ0v) is 15.5. The van der Waals surface area contributed by atoms with Gasteiger partial charge >= 0.3 is 0 Å².